The summed E-state index contributed by atoms with van der Waals surface area (Å²) in [5, 5.41) is 15.7. The van der Waals surface area contributed by atoms with Crippen LogP contribution in [0.15, 0.2) is 30.6 Å². The van der Waals surface area contributed by atoms with Crippen LogP contribution in [0.4, 0.5) is 10.1 Å². The molecule has 9 heteroatoms. The Morgan fingerprint density at radius 3 is 2.96 bits per heavy atom. The minimum absolute atomic E-state index is 0.0733. The number of nitrogens with zero attached hydrogens (tertiary/aromatic N) is 2. The Kier molecular flexibility index (Phi) is 4.38. The minimum Gasteiger partial charge on any atom is -0.496 e. The molecule has 1 aromatic carbocycles. The van der Waals surface area contributed by atoms with E-state index in [1.807, 2.05) is 0 Å². The summed E-state index contributed by atoms with van der Waals surface area (Å²) in [5.41, 5.74) is 0.750. The van der Waals surface area contributed by atoms with Gasteiger partial charge in [0.05, 0.1) is 37.5 Å². The van der Waals surface area contributed by atoms with Gasteiger partial charge in [-0.15, -0.1) is 0 Å². The molecular formula is C16H15FN4O4. The Hall–Kier alpha value is -3.36. The van der Waals surface area contributed by atoms with Crippen molar-refractivity contribution >= 4 is 28.5 Å². The smallest absolute Gasteiger partial charge is 0.305 e. The molecule has 8 nitrogen and oxygen atoms in total. The molecule has 3 rings (SSSR count). The minimum atomic E-state index is -0.935. The van der Waals surface area contributed by atoms with E-state index >= 15 is 0 Å². The number of rotatable bonds is 6. The molecule has 0 unspecified atom stereocenters. The molecule has 130 valence electrons. The first kappa shape index (κ1) is 16.5. The van der Waals surface area contributed by atoms with Crippen LogP contribution in [0.5, 0.6) is 5.75 Å². The maximum atomic E-state index is 13.9. The SMILES string of the molecule is COc1ccc(F)c2[nH]c(C(=O)Nc3cnn(CCC(=O)O)c3)cc12. The van der Waals surface area contributed by atoms with Crippen molar-refractivity contribution in [2.45, 2.75) is 13.0 Å². The topological polar surface area (TPSA) is 109 Å². The van der Waals surface area contributed by atoms with Gasteiger partial charge in [0.25, 0.3) is 5.91 Å². The molecule has 0 fully saturated rings. The number of methoxy groups -OCH3 is 1. The van der Waals surface area contributed by atoms with Crippen LogP contribution in [0.2, 0.25) is 0 Å². The van der Waals surface area contributed by atoms with E-state index in [1.54, 1.807) is 0 Å². The zero-order valence-electron chi connectivity index (χ0n) is 13.2. The van der Waals surface area contributed by atoms with Crippen molar-refractivity contribution < 1.29 is 23.8 Å². The highest BCUT2D eigenvalue weighted by Gasteiger charge is 2.15. The first-order chi connectivity index (χ1) is 12.0. The van der Waals surface area contributed by atoms with E-state index < -0.39 is 17.7 Å². The van der Waals surface area contributed by atoms with Gasteiger partial charge in [-0.1, -0.05) is 0 Å². The molecule has 2 aromatic heterocycles. The van der Waals surface area contributed by atoms with Crippen molar-refractivity contribution in [1.82, 2.24) is 14.8 Å². The summed E-state index contributed by atoms with van der Waals surface area (Å²) in [4.78, 5) is 25.6. The molecule has 0 saturated heterocycles. The molecule has 0 aliphatic rings. The monoisotopic (exact) mass is 346 g/mol. The highest BCUT2D eigenvalue weighted by molar-refractivity contribution is 6.06. The van der Waals surface area contributed by atoms with Crippen LogP contribution < -0.4 is 10.1 Å². The second kappa shape index (κ2) is 6.63. The summed E-state index contributed by atoms with van der Waals surface area (Å²) in [6.07, 6.45) is 2.85. The number of aromatic nitrogens is 3. The van der Waals surface area contributed by atoms with Gasteiger partial charge in [0.1, 0.15) is 17.3 Å². The number of nitrogens with one attached hydrogen (secondary N) is 2. The molecule has 0 aliphatic carbocycles. The average Bonchev–Trinajstić information content (AvgIpc) is 3.21. The molecule has 0 spiro atoms. The molecule has 1 amide bonds. The number of aromatic amines is 1. The number of halogens is 1. The number of H-pyrrole nitrogens is 1. The molecule has 0 radical (unpaired) electrons. The summed E-state index contributed by atoms with van der Waals surface area (Å²) in [6.45, 7) is 0.194. The average molecular weight is 346 g/mol. The fourth-order valence-electron chi connectivity index (χ4n) is 2.42. The van der Waals surface area contributed by atoms with Crippen molar-refractivity contribution in [2.24, 2.45) is 0 Å². The van der Waals surface area contributed by atoms with E-state index in [0.717, 1.165) is 0 Å². The van der Waals surface area contributed by atoms with Crippen molar-refractivity contribution in [3.05, 3.63) is 42.1 Å². The molecule has 25 heavy (non-hydrogen) atoms. The number of carbonyl (C=O) groups excluding carboxylic acids is 1. The van der Waals surface area contributed by atoms with E-state index in [9.17, 15) is 14.0 Å². The third kappa shape index (κ3) is 3.44. The number of fused-ring (bicyclic) bond motifs is 1. The number of hydrogen-bond donors (Lipinski definition) is 3. The van der Waals surface area contributed by atoms with Gasteiger partial charge in [-0.3, -0.25) is 14.3 Å². The molecule has 0 saturated carbocycles. The maximum absolute atomic E-state index is 13.9. The van der Waals surface area contributed by atoms with E-state index in [0.29, 0.717) is 16.8 Å². The molecule has 0 bridgehead atoms. The van der Waals surface area contributed by atoms with E-state index in [2.05, 4.69) is 15.4 Å². The highest BCUT2D eigenvalue weighted by atomic mass is 19.1. The molecule has 3 aromatic rings. The van der Waals surface area contributed by atoms with Gasteiger partial charge >= 0.3 is 5.97 Å². The number of ether oxygens (including phenoxy) is 1. The largest absolute Gasteiger partial charge is 0.496 e. The molecule has 0 atom stereocenters. The van der Waals surface area contributed by atoms with Gasteiger partial charge in [-0.25, -0.2) is 4.39 Å². The third-order valence-electron chi connectivity index (χ3n) is 3.61. The number of aryl methyl sites for hydroxylation is 1. The van der Waals surface area contributed by atoms with E-state index in [1.165, 1.54) is 42.4 Å². The second-order valence-electron chi connectivity index (χ2n) is 5.31. The van der Waals surface area contributed by atoms with Crippen LogP contribution in [0.3, 0.4) is 0 Å². The summed E-state index contributed by atoms with van der Waals surface area (Å²) in [6, 6.07) is 4.24. The predicted octanol–water partition coefficient (Wildman–Crippen LogP) is 2.24. The van der Waals surface area contributed by atoms with Crippen LogP contribution in [0.1, 0.15) is 16.9 Å². The summed E-state index contributed by atoms with van der Waals surface area (Å²) in [7, 11) is 1.46. The van der Waals surface area contributed by atoms with Gasteiger partial charge in [0.2, 0.25) is 0 Å². The zero-order valence-corrected chi connectivity index (χ0v) is 13.2. The van der Waals surface area contributed by atoms with Crippen molar-refractivity contribution in [2.75, 3.05) is 12.4 Å². The normalized spacial score (nSPS) is 10.8. The van der Waals surface area contributed by atoms with Crippen LogP contribution in [0.25, 0.3) is 10.9 Å². The number of amides is 1. The standard InChI is InChI=1S/C16H15FN4O4/c1-25-13-3-2-11(17)15-10(13)6-12(20-15)16(24)19-9-7-18-21(8-9)5-4-14(22)23/h2-3,6-8,20H,4-5H2,1H3,(H,19,24)(H,22,23). The first-order valence-corrected chi connectivity index (χ1v) is 7.38. The molecule has 2 heterocycles. The maximum Gasteiger partial charge on any atom is 0.305 e. The summed E-state index contributed by atoms with van der Waals surface area (Å²) >= 11 is 0. The number of benzene rings is 1. The lowest BCUT2D eigenvalue weighted by molar-refractivity contribution is -0.137. The van der Waals surface area contributed by atoms with Crippen LogP contribution >= 0.6 is 0 Å². The van der Waals surface area contributed by atoms with Crippen molar-refractivity contribution in [3.8, 4) is 5.75 Å². The Balaban J connectivity index is 1.78. The van der Waals surface area contributed by atoms with Crippen molar-refractivity contribution in [1.29, 1.82) is 0 Å². The van der Waals surface area contributed by atoms with Crippen LogP contribution in [0, 0.1) is 5.82 Å². The molecular weight excluding hydrogens is 331 g/mol. The van der Waals surface area contributed by atoms with E-state index in [4.69, 9.17) is 9.84 Å². The Morgan fingerprint density at radius 2 is 2.24 bits per heavy atom. The van der Waals surface area contributed by atoms with Crippen molar-refractivity contribution in [3.63, 3.8) is 0 Å². The number of carboxylic acids is 1. The lowest BCUT2D eigenvalue weighted by Crippen LogP contribution is -2.11. The number of carbonyl (C=O) groups is 2. The number of hydrogen-bond acceptors (Lipinski definition) is 4. The Bertz CT molecular complexity index is 947. The zero-order chi connectivity index (χ0) is 18.0. The first-order valence-electron chi connectivity index (χ1n) is 7.38. The molecule has 3 N–H and O–H groups in total. The summed E-state index contributed by atoms with van der Waals surface area (Å²) in [5.74, 6) is -1.45. The summed E-state index contributed by atoms with van der Waals surface area (Å²) < 4.78 is 20.5. The fraction of sp³-hybridized carbons (Fsp3) is 0.188. The number of aliphatic carboxylic acids is 1. The van der Waals surface area contributed by atoms with Gasteiger partial charge < -0.3 is 20.1 Å². The number of carboxylic acid groups (broad SMARTS) is 1. The fourth-order valence-corrected chi connectivity index (χ4v) is 2.42. The lowest BCUT2D eigenvalue weighted by Gasteiger charge is -2.00. The van der Waals surface area contributed by atoms with Gasteiger partial charge in [0.15, 0.2) is 0 Å². The van der Waals surface area contributed by atoms with Gasteiger partial charge in [-0.05, 0) is 18.2 Å². The third-order valence-corrected chi connectivity index (χ3v) is 3.61. The Morgan fingerprint density at radius 1 is 1.44 bits per heavy atom. The van der Waals surface area contributed by atoms with Gasteiger partial charge in [0, 0.05) is 11.6 Å². The predicted molar refractivity (Wildman–Crippen MR) is 87.2 cm³/mol. The van der Waals surface area contributed by atoms with Crippen LogP contribution in [-0.4, -0.2) is 38.9 Å². The highest BCUT2D eigenvalue weighted by Crippen LogP contribution is 2.28. The second-order valence-corrected chi connectivity index (χ2v) is 5.31. The van der Waals surface area contributed by atoms with Gasteiger partial charge in [-0.2, -0.15) is 5.10 Å². The lowest BCUT2D eigenvalue weighted by atomic mass is 10.2. The van der Waals surface area contributed by atoms with Crippen LogP contribution in [-0.2, 0) is 11.3 Å². The number of anilines is 1. The Labute approximate surface area is 141 Å². The molecule has 0 aliphatic heterocycles. The quantitative estimate of drug-likeness (QED) is 0.634. The van der Waals surface area contributed by atoms with E-state index in [-0.39, 0.29) is 24.2 Å².